The number of H-pyrrole nitrogens is 1. The standard InChI is InChI=1S/C15H23N3O5S/c1-10(2)14-12(4-5-13(19)17-14)15(20)16-8-11-9-18(6-7-23-11)24(3,21)22/h4-5,10-11H,6-9H2,1-3H3,(H,16,20)(H,17,19). The van der Waals surface area contributed by atoms with Gasteiger partial charge in [0.15, 0.2) is 0 Å². The molecule has 1 fully saturated rings. The molecule has 0 bridgehead atoms. The minimum atomic E-state index is -3.27. The lowest BCUT2D eigenvalue weighted by Crippen LogP contribution is -2.49. The first-order chi connectivity index (χ1) is 11.2. The Labute approximate surface area is 141 Å². The highest BCUT2D eigenvalue weighted by Gasteiger charge is 2.27. The fourth-order valence-electron chi connectivity index (χ4n) is 2.56. The second kappa shape index (κ2) is 7.45. The van der Waals surface area contributed by atoms with E-state index in [9.17, 15) is 18.0 Å². The Morgan fingerprint density at radius 1 is 1.46 bits per heavy atom. The van der Waals surface area contributed by atoms with Gasteiger partial charge in [-0.3, -0.25) is 9.59 Å². The maximum Gasteiger partial charge on any atom is 0.253 e. The van der Waals surface area contributed by atoms with E-state index >= 15 is 0 Å². The highest BCUT2D eigenvalue weighted by Crippen LogP contribution is 2.15. The fraction of sp³-hybridized carbons (Fsp3) is 0.600. The summed E-state index contributed by atoms with van der Waals surface area (Å²) in [7, 11) is -3.27. The first kappa shape index (κ1) is 18.6. The molecule has 9 heteroatoms. The van der Waals surface area contributed by atoms with Crippen LogP contribution in [0.4, 0.5) is 0 Å². The maximum absolute atomic E-state index is 12.4. The number of aromatic amines is 1. The highest BCUT2D eigenvalue weighted by molar-refractivity contribution is 7.88. The number of pyridine rings is 1. The van der Waals surface area contributed by atoms with Crippen molar-refractivity contribution in [2.24, 2.45) is 0 Å². The lowest BCUT2D eigenvalue weighted by atomic mass is 10.0. The molecule has 2 heterocycles. The van der Waals surface area contributed by atoms with Crippen molar-refractivity contribution in [3.05, 3.63) is 33.7 Å². The van der Waals surface area contributed by atoms with Crippen LogP contribution < -0.4 is 10.9 Å². The number of nitrogens with one attached hydrogen (secondary N) is 2. The number of hydrogen-bond donors (Lipinski definition) is 2. The molecule has 0 radical (unpaired) electrons. The smallest absolute Gasteiger partial charge is 0.253 e. The highest BCUT2D eigenvalue weighted by atomic mass is 32.2. The van der Waals surface area contributed by atoms with E-state index in [-0.39, 0.29) is 30.5 Å². The van der Waals surface area contributed by atoms with E-state index < -0.39 is 16.1 Å². The van der Waals surface area contributed by atoms with E-state index in [0.717, 1.165) is 6.26 Å². The molecule has 2 N–H and O–H groups in total. The van der Waals surface area contributed by atoms with E-state index in [1.54, 1.807) is 0 Å². The van der Waals surface area contributed by atoms with Crippen LogP contribution in [-0.2, 0) is 14.8 Å². The number of aromatic nitrogens is 1. The molecule has 0 spiro atoms. The van der Waals surface area contributed by atoms with Gasteiger partial charge in [-0.15, -0.1) is 0 Å². The van der Waals surface area contributed by atoms with E-state index in [1.165, 1.54) is 16.4 Å². The predicted molar refractivity (Wildman–Crippen MR) is 89.6 cm³/mol. The molecule has 134 valence electrons. The van der Waals surface area contributed by atoms with Crippen molar-refractivity contribution >= 4 is 15.9 Å². The number of morpholine rings is 1. The van der Waals surface area contributed by atoms with Crippen molar-refractivity contribution < 1.29 is 17.9 Å². The summed E-state index contributed by atoms with van der Waals surface area (Å²) in [6.07, 6.45) is 0.756. The zero-order valence-corrected chi connectivity index (χ0v) is 14.9. The maximum atomic E-state index is 12.4. The first-order valence-corrected chi connectivity index (χ1v) is 9.61. The summed E-state index contributed by atoms with van der Waals surface area (Å²) in [4.78, 5) is 26.5. The molecule has 0 aromatic carbocycles. The molecule has 1 aliphatic heterocycles. The van der Waals surface area contributed by atoms with Gasteiger partial charge in [0.2, 0.25) is 15.6 Å². The van der Waals surface area contributed by atoms with Crippen LogP contribution in [0.1, 0.15) is 35.8 Å². The third kappa shape index (κ3) is 4.65. The normalized spacial score (nSPS) is 19.4. The molecule has 0 aliphatic carbocycles. The second-order valence-electron chi connectivity index (χ2n) is 6.13. The van der Waals surface area contributed by atoms with Crippen molar-refractivity contribution in [3.63, 3.8) is 0 Å². The third-order valence-electron chi connectivity index (χ3n) is 3.83. The topological polar surface area (TPSA) is 109 Å². The van der Waals surface area contributed by atoms with Crippen LogP contribution in [0.2, 0.25) is 0 Å². The number of nitrogens with zero attached hydrogens (tertiary/aromatic N) is 1. The Balaban J connectivity index is 2.02. The zero-order valence-electron chi connectivity index (χ0n) is 14.0. The summed E-state index contributed by atoms with van der Waals surface area (Å²) in [6.45, 7) is 4.79. The molecule has 0 saturated carbocycles. The summed E-state index contributed by atoms with van der Waals surface area (Å²) in [5, 5.41) is 2.75. The minimum absolute atomic E-state index is 0.00805. The SMILES string of the molecule is CC(C)c1[nH]c(=O)ccc1C(=O)NCC1CN(S(C)(=O)=O)CCO1. The third-order valence-corrected chi connectivity index (χ3v) is 5.10. The molecule has 1 aliphatic rings. The van der Waals surface area contributed by atoms with Crippen LogP contribution in [0.15, 0.2) is 16.9 Å². The molecular formula is C15H23N3O5S. The lowest BCUT2D eigenvalue weighted by molar-refractivity contribution is 0.000429. The number of carbonyl (C=O) groups is 1. The number of sulfonamides is 1. The molecule has 2 rings (SSSR count). The second-order valence-corrected chi connectivity index (χ2v) is 8.11. The Bertz CT molecular complexity index is 757. The number of ether oxygens (including phenoxy) is 1. The van der Waals surface area contributed by atoms with Gasteiger partial charge in [-0.25, -0.2) is 8.42 Å². The van der Waals surface area contributed by atoms with Crippen LogP contribution in [0, 0.1) is 0 Å². The Hall–Kier alpha value is -1.71. The van der Waals surface area contributed by atoms with Crippen LogP contribution in [0.25, 0.3) is 0 Å². The predicted octanol–water partition coefficient (Wildman–Crippen LogP) is -0.111. The molecule has 8 nitrogen and oxygen atoms in total. The van der Waals surface area contributed by atoms with Crippen molar-refractivity contribution in [1.82, 2.24) is 14.6 Å². The van der Waals surface area contributed by atoms with Gasteiger partial charge in [-0.1, -0.05) is 13.8 Å². The van der Waals surface area contributed by atoms with Gasteiger partial charge in [0.25, 0.3) is 5.91 Å². The summed E-state index contributed by atoms with van der Waals surface area (Å²) < 4.78 is 30.0. The van der Waals surface area contributed by atoms with Gasteiger partial charge in [0.05, 0.1) is 24.5 Å². The first-order valence-electron chi connectivity index (χ1n) is 7.76. The van der Waals surface area contributed by atoms with E-state index in [0.29, 0.717) is 24.4 Å². The Kier molecular flexibility index (Phi) is 5.79. The average Bonchev–Trinajstić information content (AvgIpc) is 2.52. The molecule has 1 aromatic heterocycles. The molecule has 1 amide bonds. The van der Waals surface area contributed by atoms with Crippen LogP contribution >= 0.6 is 0 Å². The number of carbonyl (C=O) groups excluding carboxylic acids is 1. The van der Waals surface area contributed by atoms with Gasteiger partial charge >= 0.3 is 0 Å². The molecule has 1 unspecified atom stereocenters. The van der Waals surface area contributed by atoms with Crippen LogP contribution in [0.5, 0.6) is 0 Å². The van der Waals surface area contributed by atoms with Crippen LogP contribution in [-0.4, -0.2) is 62.2 Å². The molecule has 1 atom stereocenters. The zero-order chi connectivity index (χ0) is 17.9. The summed E-state index contributed by atoms with van der Waals surface area (Å²) in [6, 6.07) is 2.80. The minimum Gasteiger partial charge on any atom is -0.374 e. The monoisotopic (exact) mass is 357 g/mol. The molecule has 1 saturated heterocycles. The van der Waals surface area contributed by atoms with Gasteiger partial charge in [-0.2, -0.15) is 4.31 Å². The number of hydrogen-bond acceptors (Lipinski definition) is 5. The largest absolute Gasteiger partial charge is 0.374 e. The number of amides is 1. The summed E-state index contributed by atoms with van der Waals surface area (Å²) >= 11 is 0. The van der Waals surface area contributed by atoms with Gasteiger partial charge < -0.3 is 15.0 Å². The van der Waals surface area contributed by atoms with Crippen molar-refractivity contribution in [1.29, 1.82) is 0 Å². The number of rotatable bonds is 5. The van der Waals surface area contributed by atoms with Crippen LogP contribution in [0.3, 0.4) is 0 Å². The molecule has 1 aromatic rings. The Morgan fingerprint density at radius 3 is 2.79 bits per heavy atom. The van der Waals surface area contributed by atoms with Gasteiger partial charge in [0.1, 0.15) is 0 Å². The van der Waals surface area contributed by atoms with E-state index in [1.807, 2.05) is 13.8 Å². The fourth-order valence-corrected chi connectivity index (χ4v) is 3.41. The van der Waals surface area contributed by atoms with Crippen molar-refractivity contribution in [2.45, 2.75) is 25.9 Å². The average molecular weight is 357 g/mol. The Morgan fingerprint density at radius 2 is 2.17 bits per heavy atom. The van der Waals surface area contributed by atoms with Gasteiger partial charge in [-0.05, 0) is 12.0 Å². The molecular weight excluding hydrogens is 334 g/mol. The van der Waals surface area contributed by atoms with Crippen molar-refractivity contribution in [2.75, 3.05) is 32.5 Å². The summed E-state index contributed by atoms with van der Waals surface area (Å²) in [5.41, 5.74) is 0.720. The van der Waals surface area contributed by atoms with E-state index in [2.05, 4.69) is 10.3 Å². The quantitative estimate of drug-likeness (QED) is 0.764. The lowest BCUT2D eigenvalue weighted by Gasteiger charge is -2.31. The molecule has 24 heavy (non-hydrogen) atoms. The van der Waals surface area contributed by atoms with Gasteiger partial charge in [0, 0.05) is 31.4 Å². The summed E-state index contributed by atoms with van der Waals surface area (Å²) in [5.74, 6) is -0.332. The van der Waals surface area contributed by atoms with E-state index in [4.69, 9.17) is 4.74 Å². The van der Waals surface area contributed by atoms with Crippen molar-refractivity contribution in [3.8, 4) is 0 Å².